The Labute approximate surface area is 93.9 Å². The summed E-state index contributed by atoms with van der Waals surface area (Å²) in [5.41, 5.74) is -0.450. The molecule has 4 nitrogen and oxygen atoms in total. The first-order valence-electron chi connectivity index (χ1n) is 4.71. The Morgan fingerprint density at radius 1 is 1.60 bits per heavy atom. The molecule has 0 spiro atoms. The maximum Gasteiger partial charge on any atom is 0.410 e. The number of amides is 1. The molecule has 1 heterocycles. The molecule has 1 rings (SSSR count). The summed E-state index contributed by atoms with van der Waals surface area (Å²) < 4.78 is 5.21. The van der Waals surface area contributed by atoms with E-state index in [0.29, 0.717) is 6.54 Å². The summed E-state index contributed by atoms with van der Waals surface area (Å²) in [5, 5.41) is 2.79. The Bertz CT molecular complexity index is 317. The molecule has 0 unspecified atom stereocenters. The first-order valence-corrected chi connectivity index (χ1v) is 5.59. The van der Waals surface area contributed by atoms with Crippen LogP contribution in [0.15, 0.2) is 11.6 Å². The van der Waals surface area contributed by atoms with Crippen LogP contribution in [0.1, 0.15) is 25.8 Å². The molecule has 0 saturated carbocycles. The summed E-state index contributed by atoms with van der Waals surface area (Å²) in [4.78, 5) is 17.2. The van der Waals surface area contributed by atoms with Gasteiger partial charge in [0.15, 0.2) is 0 Å². The van der Waals surface area contributed by atoms with Crippen LogP contribution in [0.4, 0.5) is 4.79 Å². The van der Waals surface area contributed by atoms with Crippen LogP contribution in [0.5, 0.6) is 0 Å². The maximum absolute atomic E-state index is 11.6. The van der Waals surface area contributed by atoms with Gasteiger partial charge in [-0.25, -0.2) is 9.78 Å². The average Bonchev–Trinajstić information content (AvgIpc) is 2.53. The van der Waals surface area contributed by atoms with E-state index >= 15 is 0 Å². The molecule has 0 saturated heterocycles. The number of ether oxygens (including phenoxy) is 1. The van der Waals surface area contributed by atoms with Crippen molar-refractivity contribution in [3.05, 3.63) is 16.6 Å². The van der Waals surface area contributed by atoms with E-state index in [9.17, 15) is 4.79 Å². The first-order chi connectivity index (χ1) is 6.88. The minimum absolute atomic E-state index is 0.322. The molecule has 0 aliphatic rings. The Morgan fingerprint density at radius 2 is 2.27 bits per heavy atom. The second kappa shape index (κ2) is 4.61. The SMILES string of the molecule is CN(Cc1nccs1)C(=O)OC(C)(C)C. The zero-order valence-electron chi connectivity index (χ0n) is 9.48. The molecule has 0 aromatic carbocycles. The van der Waals surface area contributed by atoms with E-state index < -0.39 is 5.60 Å². The van der Waals surface area contributed by atoms with Crippen molar-refractivity contribution in [3.63, 3.8) is 0 Å². The second-order valence-electron chi connectivity index (χ2n) is 4.26. The van der Waals surface area contributed by atoms with Gasteiger partial charge in [0.1, 0.15) is 10.6 Å². The Kier molecular flexibility index (Phi) is 3.68. The van der Waals surface area contributed by atoms with Crippen LogP contribution < -0.4 is 0 Å². The molecule has 5 heteroatoms. The largest absolute Gasteiger partial charge is 0.444 e. The zero-order valence-corrected chi connectivity index (χ0v) is 10.3. The van der Waals surface area contributed by atoms with E-state index in [4.69, 9.17) is 4.74 Å². The van der Waals surface area contributed by atoms with E-state index in [-0.39, 0.29) is 6.09 Å². The molecule has 84 valence electrons. The van der Waals surface area contributed by atoms with Gasteiger partial charge in [0.25, 0.3) is 0 Å². The van der Waals surface area contributed by atoms with E-state index in [1.807, 2.05) is 26.2 Å². The van der Waals surface area contributed by atoms with Gasteiger partial charge in [-0.05, 0) is 20.8 Å². The number of thiazole rings is 1. The Balaban J connectivity index is 2.47. The number of nitrogens with zero attached hydrogens (tertiary/aromatic N) is 2. The fourth-order valence-electron chi connectivity index (χ4n) is 0.938. The van der Waals surface area contributed by atoms with Crippen LogP contribution in [0.2, 0.25) is 0 Å². The Morgan fingerprint density at radius 3 is 2.73 bits per heavy atom. The highest BCUT2D eigenvalue weighted by Crippen LogP contribution is 2.12. The van der Waals surface area contributed by atoms with Gasteiger partial charge in [-0.3, -0.25) is 0 Å². The van der Waals surface area contributed by atoms with Crippen LogP contribution in [-0.2, 0) is 11.3 Å². The van der Waals surface area contributed by atoms with Crippen molar-refractivity contribution in [3.8, 4) is 0 Å². The molecule has 1 aromatic rings. The predicted molar refractivity (Wildman–Crippen MR) is 59.8 cm³/mol. The highest BCUT2D eigenvalue weighted by Gasteiger charge is 2.19. The molecule has 1 aromatic heterocycles. The lowest BCUT2D eigenvalue weighted by Crippen LogP contribution is -2.33. The molecule has 0 N–H and O–H groups in total. The molecule has 15 heavy (non-hydrogen) atoms. The minimum atomic E-state index is -0.450. The monoisotopic (exact) mass is 228 g/mol. The topological polar surface area (TPSA) is 42.4 Å². The van der Waals surface area contributed by atoms with Crippen LogP contribution >= 0.6 is 11.3 Å². The Hall–Kier alpha value is -1.10. The van der Waals surface area contributed by atoms with Crippen molar-refractivity contribution in [1.29, 1.82) is 0 Å². The lowest BCUT2D eigenvalue weighted by molar-refractivity contribution is 0.0285. The van der Waals surface area contributed by atoms with Gasteiger partial charge in [0, 0.05) is 18.6 Å². The van der Waals surface area contributed by atoms with Crippen LogP contribution in [0.25, 0.3) is 0 Å². The van der Waals surface area contributed by atoms with E-state index in [1.165, 1.54) is 16.2 Å². The number of carbonyl (C=O) groups excluding carboxylic acids is 1. The second-order valence-corrected chi connectivity index (χ2v) is 5.24. The average molecular weight is 228 g/mol. The van der Waals surface area contributed by atoms with Crippen molar-refractivity contribution in [1.82, 2.24) is 9.88 Å². The fraction of sp³-hybridized carbons (Fsp3) is 0.600. The van der Waals surface area contributed by atoms with Gasteiger partial charge in [0.05, 0.1) is 6.54 Å². The molecule has 0 aliphatic heterocycles. The quantitative estimate of drug-likeness (QED) is 0.781. The van der Waals surface area contributed by atoms with E-state index in [0.717, 1.165) is 5.01 Å². The first kappa shape index (κ1) is 12.0. The molecular formula is C10H16N2O2S. The molecular weight excluding hydrogens is 212 g/mol. The predicted octanol–water partition coefficient (Wildman–Crippen LogP) is 2.51. The number of carbonyl (C=O) groups is 1. The minimum Gasteiger partial charge on any atom is -0.444 e. The lowest BCUT2D eigenvalue weighted by atomic mass is 10.2. The van der Waals surface area contributed by atoms with Gasteiger partial charge in [-0.1, -0.05) is 0 Å². The third-order valence-electron chi connectivity index (χ3n) is 1.56. The summed E-state index contributed by atoms with van der Waals surface area (Å²) in [5.74, 6) is 0. The van der Waals surface area contributed by atoms with Gasteiger partial charge < -0.3 is 9.64 Å². The highest BCUT2D eigenvalue weighted by molar-refractivity contribution is 7.09. The van der Waals surface area contributed by atoms with E-state index in [1.54, 1.807) is 13.2 Å². The number of hydrogen-bond donors (Lipinski definition) is 0. The van der Waals surface area contributed by atoms with Crippen LogP contribution in [-0.4, -0.2) is 28.6 Å². The number of rotatable bonds is 2. The van der Waals surface area contributed by atoms with Gasteiger partial charge in [0.2, 0.25) is 0 Å². The van der Waals surface area contributed by atoms with Crippen molar-refractivity contribution >= 4 is 17.4 Å². The van der Waals surface area contributed by atoms with Crippen molar-refractivity contribution < 1.29 is 9.53 Å². The maximum atomic E-state index is 11.6. The molecule has 0 radical (unpaired) electrons. The van der Waals surface area contributed by atoms with Gasteiger partial charge in [-0.2, -0.15) is 0 Å². The summed E-state index contributed by atoms with van der Waals surface area (Å²) in [6.45, 7) is 6.04. The van der Waals surface area contributed by atoms with Gasteiger partial charge in [-0.15, -0.1) is 11.3 Å². The third-order valence-corrected chi connectivity index (χ3v) is 2.33. The lowest BCUT2D eigenvalue weighted by Gasteiger charge is -2.24. The number of aromatic nitrogens is 1. The fourth-order valence-corrected chi connectivity index (χ4v) is 1.61. The summed E-state index contributed by atoms with van der Waals surface area (Å²) in [7, 11) is 1.70. The molecule has 0 atom stereocenters. The number of hydrogen-bond acceptors (Lipinski definition) is 4. The normalized spacial score (nSPS) is 11.2. The van der Waals surface area contributed by atoms with Crippen molar-refractivity contribution in [2.45, 2.75) is 32.9 Å². The third kappa shape index (κ3) is 4.29. The van der Waals surface area contributed by atoms with Crippen molar-refractivity contribution in [2.75, 3.05) is 7.05 Å². The van der Waals surface area contributed by atoms with Gasteiger partial charge >= 0.3 is 6.09 Å². The van der Waals surface area contributed by atoms with Crippen LogP contribution in [0.3, 0.4) is 0 Å². The zero-order chi connectivity index (χ0) is 11.5. The summed E-state index contributed by atoms with van der Waals surface area (Å²) in [6.07, 6.45) is 1.40. The standard InChI is InChI=1S/C10H16N2O2S/c1-10(2,3)14-9(13)12(4)7-8-11-5-6-15-8/h5-6H,7H2,1-4H3. The summed E-state index contributed by atoms with van der Waals surface area (Å²) in [6, 6.07) is 0. The molecule has 0 fully saturated rings. The smallest absolute Gasteiger partial charge is 0.410 e. The van der Waals surface area contributed by atoms with Crippen molar-refractivity contribution in [2.24, 2.45) is 0 Å². The van der Waals surface area contributed by atoms with E-state index in [2.05, 4.69) is 4.98 Å². The van der Waals surface area contributed by atoms with Crippen LogP contribution in [0, 0.1) is 0 Å². The molecule has 0 aliphatic carbocycles. The molecule has 1 amide bonds. The highest BCUT2D eigenvalue weighted by atomic mass is 32.1. The molecule has 0 bridgehead atoms. The summed E-state index contributed by atoms with van der Waals surface area (Å²) >= 11 is 1.53.